The third-order valence-electron chi connectivity index (χ3n) is 4.42. The van der Waals surface area contributed by atoms with Gasteiger partial charge in [0.2, 0.25) is 5.91 Å². The zero-order chi connectivity index (χ0) is 23.4. The number of amides is 1. The fraction of sp³-hybridized carbons (Fsp3) is 0.0909. The zero-order valence-electron chi connectivity index (χ0n) is 17.0. The van der Waals surface area contributed by atoms with Gasteiger partial charge in [-0.3, -0.25) is 9.36 Å². The van der Waals surface area contributed by atoms with Gasteiger partial charge in [-0.2, -0.15) is 0 Å². The predicted octanol–water partition coefficient (Wildman–Crippen LogP) is 6.95. The van der Waals surface area contributed by atoms with E-state index in [2.05, 4.69) is 27.1 Å². The van der Waals surface area contributed by atoms with E-state index in [1.807, 2.05) is 22.1 Å². The van der Waals surface area contributed by atoms with Crippen LogP contribution in [0, 0.1) is 0 Å². The largest absolute Gasteiger partial charge is 0.301 e. The van der Waals surface area contributed by atoms with Crippen LogP contribution < -0.4 is 5.32 Å². The van der Waals surface area contributed by atoms with Crippen molar-refractivity contribution >= 4 is 68.9 Å². The molecule has 33 heavy (non-hydrogen) atoms. The smallest absolute Gasteiger partial charge is 0.236 e. The number of thiazole rings is 1. The fourth-order valence-electron chi connectivity index (χ4n) is 2.94. The first-order valence-corrected chi connectivity index (χ1v) is 12.6. The number of rotatable bonds is 8. The maximum Gasteiger partial charge on any atom is 0.236 e. The van der Waals surface area contributed by atoms with Crippen LogP contribution in [-0.2, 0) is 11.3 Å². The van der Waals surface area contributed by atoms with E-state index in [0.717, 1.165) is 11.1 Å². The van der Waals surface area contributed by atoms with Crippen molar-refractivity contribution in [2.75, 3.05) is 11.1 Å². The van der Waals surface area contributed by atoms with Gasteiger partial charge in [0.05, 0.1) is 16.5 Å². The minimum atomic E-state index is -0.204. The summed E-state index contributed by atoms with van der Waals surface area (Å²) in [6.45, 7) is 4.31. The minimum absolute atomic E-state index is 0.145. The third-order valence-corrected chi connectivity index (χ3v) is 6.95. The van der Waals surface area contributed by atoms with Crippen molar-refractivity contribution in [1.82, 2.24) is 19.7 Å². The summed E-state index contributed by atoms with van der Waals surface area (Å²) in [6, 6.07) is 12.5. The normalized spacial score (nSPS) is 10.9. The molecule has 2 heterocycles. The van der Waals surface area contributed by atoms with Crippen molar-refractivity contribution in [1.29, 1.82) is 0 Å². The molecule has 4 rings (SSSR count). The Kier molecular flexibility index (Phi) is 7.72. The van der Waals surface area contributed by atoms with Crippen molar-refractivity contribution in [3.05, 3.63) is 75.6 Å². The number of anilines is 1. The van der Waals surface area contributed by atoms with Gasteiger partial charge in [0.1, 0.15) is 0 Å². The number of aromatic nitrogens is 4. The Morgan fingerprint density at radius 3 is 2.61 bits per heavy atom. The lowest BCUT2D eigenvalue weighted by atomic mass is 10.2. The van der Waals surface area contributed by atoms with Gasteiger partial charge in [0, 0.05) is 33.1 Å². The van der Waals surface area contributed by atoms with Crippen molar-refractivity contribution in [2.45, 2.75) is 11.7 Å². The first kappa shape index (κ1) is 23.8. The summed E-state index contributed by atoms with van der Waals surface area (Å²) >= 11 is 20.8. The second-order valence-corrected chi connectivity index (χ2v) is 9.79. The highest BCUT2D eigenvalue weighted by Crippen LogP contribution is 2.32. The molecule has 0 aliphatic rings. The van der Waals surface area contributed by atoms with Crippen LogP contribution >= 0.6 is 57.9 Å². The molecule has 0 atom stereocenters. The van der Waals surface area contributed by atoms with Crippen LogP contribution in [0.3, 0.4) is 0 Å². The van der Waals surface area contributed by atoms with Crippen molar-refractivity contribution in [3.8, 4) is 22.6 Å². The third kappa shape index (κ3) is 5.77. The van der Waals surface area contributed by atoms with Crippen LogP contribution in [0.25, 0.3) is 22.6 Å². The van der Waals surface area contributed by atoms with Crippen molar-refractivity contribution < 1.29 is 4.79 Å². The summed E-state index contributed by atoms with van der Waals surface area (Å²) in [4.78, 5) is 17.0. The Balaban J connectivity index is 1.42. The van der Waals surface area contributed by atoms with Gasteiger partial charge in [-0.15, -0.1) is 28.1 Å². The molecule has 0 saturated heterocycles. The molecule has 1 amide bonds. The Bertz CT molecular complexity index is 1300. The highest BCUT2D eigenvalue weighted by Gasteiger charge is 2.16. The maximum atomic E-state index is 12.5. The van der Waals surface area contributed by atoms with Gasteiger partial charge in [0.15, 0.2) is 16.1 Å². The molecule has 4 aromatic rings. The first-order chi connectivity index (χ1) is 15.9. The van der Waals surface area contributed by atoms with Gasteiger partial charge < -0.3 is 5.32 Å². The number of nitrogens with zero attached hydrogens (tertiary/aromatic N) is 4. The Morgan fingerprint density at radius 2 is 1.88 bits per heavy atom. The van der Waals surface area contributed by atoms with Crippen molar-refractivity contribution in [2.24, 2.45) is 0 Å². The molecule has 6 nitrogen and oxygen atoms in total. The fourth-order valence-corrected chi connectivity index (χ4v) is 5.04. The lowest BCUT2D eigenvalue weighted by Crippen LogP contribution is -2.14. The Labute approximate surface area is 213 Å². The van der Waals surface area contributed by atoms with E-state index in [4.69, 9.17) is 34.8 Å². The summed E-state index contributed by atoms with van der Waals surface area (Å²) < 4.78 is 1.90. The van der Waals surface area contributed by atoms with Gasteiger partial charge in [-0.25, -0.2) is 4.98 Å². The standard InChI is InChI=1S/C22H16Cl3N5OS2/c1-2-9-30-20(13-3-5-14(23)6-4-13)28-29-22(30)33-12-19(31)27-21-26-18(11-32-21)16-8-7-15(24)10-17(16)25/h2-8,10-11H,1,9,12H2,(H,26,27,31). The van der Waals surface area contributed by atoms with Gasteiger partial charge in [-0.1, -0.05) is 52.6 Å². The van der Waals surface area contributed by atoms with E-state index in [0.29, 0.717) is 43.4 Å². The molecular formula is C22H16Cl3N5OS2. The molecule has 2 aromatic carbocycles. The summed E-state index contributed by atoms with van der Waals surface area (Å²) in [5.74, 6) is 0.621. The van der Waals surface area contributed by atoms with E-state index in [1.54, 1.807) is 36.4 Å². The molecule has 1 N–H and O–H groups in total. The second-order valence-electron chi connectivity index (χ2n) is 6.71. The van der Waals surface area contributed by atoms with Crippen LogP contribution in [0.15, 0.2) is 65.7 Å². The summed E-state index contributed by atoms with van der Waals surface area (Å²) in [5.41, 5.74) is 2.30. The number of halogens is 3. The highest BCUT2D eigenvalue weighted by molar-refractivity contribution is 7.99. The average molecular weight is 537 g/mol. The van der Waals surface area contributed by atoms with E-state index >= 15 is 0 Å². The number of benzene rings is 2. The highest BCUT2D eigenvalue weighted by atomic mass is 35.5. The molecule has 168 valence electrons. The zero-order valence-corrected chi connectivity index (χ0v) is 20.9. The molecule has 0 aliphatic heterocycles. The van der Waals surface area contributed by atoms with Crippen molar-refractivity contribution in [3.63, 3.8) is 0 Å². The molecule has 0 unspecified atom stereocenters. The number of carbonyl (C=O) groups excluding carboxylic acids is 1. The summed E-state index contributed by atoms with van der Waals surface area (Å²) in [7, 11) is 0. The molecule has 0 spiro atoms. The molecule has 0 fully saturated rings. The maximum absolute atomic E-state index is 12.5. The number of hydrogen-bond acceptors (Lipinski definition) is 6. The summed E-state index contributed by atoms with van der Waals surface area (Å²) in [6.07, 6.45) is 1.76. The number of hydrogen-bond donors (Lipinski definition) is 1. The molecule has 2 aromatic heterocycles. The second kappa shape index (κ2) is 10.7. The van der Waals surface area contributed by atoms with E-state index < -0.39 is 0 Å². The van der Waals surface area contributed by atoms with E-state index in [-0.39, 0.29) is 11.7 Å². The molecule has 0 bridgehead atoms. The van der Waals surface area contributed by atoms with E-state index in [9.17, 15) is 4.79 Å². The monoisotopic (exact) mass is 535 g/mol. The minimum Gasteiger partial charge on any atom is -0.301 e. The topological polar surface area (TPSA) is 72.7 Å². The Hall–Kier alpha value is -2.36. The first-order valence-electron chi connectivity index (χ1n) is 9.58. The lowest BCUT2D eigenvalue weighted by molar-refractivity contribution is -0.113. The quantitative estimate of drug-likeness (QED) is 0.195. The SMILES string of the molecule is C=CCn1c(SCC(=O)Nc2nc(-c3ccc(Cl)cc3Cl)cs2)nnc1-c1ccc(Cl)cc1. The molecular weight excluding hydrogens is 521 g/mol. The molecule has 0 saturated carbocycles. The Morgan fingerprint density at radius 1 is 1.12 bits per heavy atom. The van der Waals surface area contributed by atoms with Crippen LogP contribution in [0.1, 0.15) is 0 Å². The number of allylic oxidation sites excluding steroid dienone is 1. The molecule has 0 radical (unpaired) electrons. The van der Waals surface area contributed by atoms with Crippen LogP contribution in [0.4, 0.5) is 5.13 Å². The molecule has 0 aliphatic carbocycles. The average Bonchev–Trinajstić information content (AvgIpc) is 3.40. The van der Waals surface area contributed by atoms with Crippen LogP contribution in [-0.4, -0.2) is 31.4 Å². The number of thioether (sulfide) groups is 1. The van der Waals surface area contributed by atoms with Gasteiger partial charge in [0.25, 0.3) is 0 Å². The van der Waals surface area contributed by atoms with Gasteiger partial charge >= 0.3 is 0 Å². The summed E-state index contributed by atoms with van der Waals surface area (Å²) in [5, 5.41) is 16.0. The number of nitrogens with one attached hydrogen (secondary N) is 1. The van der Waals surface area contributed by atoms with Crippen LogP contribution in [0.5, 0.6) is 0 Å². The van der Waals surface area contributed by atoms with E-state index in [1.165, 1.54) is 23.1 Å². The lowest BCUT2D eigenvalue weighted by Gasteiger charge is -2.08. The van der Waals surface area contributed by atoms with Gasteiger partial charge in [-0.05, 0) is 42.5 Å². The predicted molar refractivity (Wildman–Crippen MR) is 138 cm³/mol. The molecule has 11 heteroatoms. The number of carbonyl (C=O) groups is 1. The van der Waals surface area contributed by atoms with Crippen LogP contribution in [0.2, 0.25) is 15.1 Å².